The molecule has 0 aliphatic carbocycles. The lowest BCUT2D eigenvalue weighted by Crippen LogP contribution is -2.25. The van der Waals surface area contributed by atoms with Gasteiger partial charge in [-0.15, -0.1) is 0 Å². The molecule has 0 spiro atoms. The van der Waals surface area contributed by atoms with Crippen molar-refractivity contribution in [1.29, 1.82) is 0 Å². The van der Waals surface area contributed by atoms with Crippen molar-refractivity contribution in [1.82, 2.24) is 19.9 Å². The normalized spacial score (nSPS) is 10.9. The first-order valence-electron chi connectivity index (χ1n) is 7.92. The molecule has 0 aliphatic heterocycles. The Morgan fingerprint density at radius 1 is 0.875 bits per heavy atom. The van der Waals surface area contributed by atoms with E-state index in [1.54, 1.807) is 18.5 Å². The SMILES string of the molecule is Cc1ccc(=O)[nH]c1CN(Cc1ccccn1)Cc1ccccn1. The standard InChI is InChI=1S/C19H20N4O/c1-15-8-9-19(24)22-18(15)14-23(12-16-6-2-4-10-20-16)13-17-7-3-5-11-21-17/h2-11H,12-14H2,1H3,(H,22,24). The molecule has 1 N–H and O–H groups in total. The van der Waals surface area contributed by atoms with Crippen molar-refractivity contribution in [3.05, 3.63) is 93.9 Å². The monoisotopic (exact) mass is 320 g/mol. The number of hydrogen-bond donors (Lipinski definition) is 1. The summed E-state index contributed by atoms with van der Waals surface area (Å²) in [6.45, 7) is 4.02. The van der Waals surface area contributed by atoms with Crippen LogP contribution in [0.25, 0.3) is 0 Å². The average Bonchev–Trinajstić information content (AvgIpc) is 2.60. The molecule has 3 aromatic heterocycles. The molecule has 0 amide bonds. The van der Waals surface area contributed by atoms with Crippen LogP contribution in [0.2, 0.25) is 0 Å². The van der Waals surface area contributed by atoms with Crippen LogP contribution in [0, 0.1) is 6.92 Å². The summed E-state index contributed by atoms with van der Waals surface area (Å²) in [7, 11) is 0. The van der Waals surface area contributed by atoms with E-state index in [9.17, 15) is 4.79 Å². The van der Waals surface area contributed by atoms with Gasteiger partial charge in [-0.05, 0) is 36.8 Å². The molecular formula is C19H20N4O. The number of nitrogens with zero attached hydrogens (tertiary/aromatic N) is 3. The highest BCUT2D eigenvalue weighted by Crippen LogP contribution is 2.12. The van der Waals surface area contributed by atoms with Crippen LogP contribution in [-0.4, -0.2) is 19.9 Å². The van der Waals surface area contributed by atoms with Gasteiger partial charge in [0.05, 0.1) is 11.4 Å². The smallest absolute Gasteiger partial charge is 0.248 e. The minimum absolute atomic E-state index is 0.0776. The predicted molar refractivity (Wildman–Crippen MR) is 93.2 cm³/mol. The van der Waals surface area contributed by atoms with Gasteiger partial charge in [0.2, 0.25) is 5.56 Å². The molecule has 3 heterocycles. The van der Waals surface area contributed by atoms with E-state index in [1.807, 2.05) is 49.4 Å². The first kappa shape index (κ1) is 16.1. The van der Waals surface area contributed by atoms with E-state index < -0.39 is 0 Å². The summed E-state index contributed by atoms with van der Waals surface area (Å²) < 4.78 is 0. The molecule has 0 fully saturated rings. The van der Waals surface area contributed by atoms with Gasteiger partial charge < -0.3 is 4.98 Å². The first-order valence-corrected chi connectivity index (χ1v) is 7.92. The van der Waals surface area contributed by atoms with E-state index in [-0.39, 0.29) is 5.56 Å². The summed E-state index contributed by atoms with van der Waals surface area (Å²) >= 11 is 0. The molecule has 0 aromatic carbocycles. The Morgan fingerprint density at radius 2 is 1.50 bits per heavy atom. The van der Waals surface area contributed by atoms with E-state index >= 15 is 0 Å². The Kier molecular flexibility index (Phi) is 5.13. The molecule has 0 saturated heterocycles. The molecule has 0 aliphatic rings. The summed E-state index contributed by atoms with van der Waals surface area (Å²) in [5.74, 6) is 0. The second-order valence-corrected chi connectivity index (χ2v) is 5.77. The van der Waals surface area contributed by atoms with Crippen LogP contribution in [0.4, 0.5) is 0 Å². The van der Waals surface area contributed by atoms with Crippen molar-refractivity contribution in [2.24, 2.45) is 0 Å². The van der Waals surface area contributed by atoms with E-state index in [0.717, 1.165) is 22.6 Å². The van der Waals surface area contributed by atoms with Crippen LogP contribution >= 0.6 is 0 Å². The van der Waals surface area contributed by atoms with Gasteiger partial charge in [-0.3, -0.25) is 19.7 Å². The Bertz CT molecular complexity index is 789. The van der Waals surface area contributed by atoms with Crippen LogP contribution in [0.5, 0.6) is 0 Å². The molecule has 0 saturated carbocycles. The number of hydrogen-bond acceptors (Lipinski definition) is 4. The second kappa shape index (κ2) is 7.66. The molecule has 0 unspecified atom stereocenters. The van der Waals surface area contributed by atoms with Crippen molar-refractivity contribution >= 4 is 0 Å². The first-order chi connectivity index (χ1) is 11.7. The zero-order valence-electron chi connectivity index (χ0n) is 13.6. The van der Waals surface area contributed by atoms with Gasteiger partial charge >= 0.3 is 0 Å². The lowest BCUT2D eigenvalue weighted by molar-refractivity contribution is 0.238. The number of pyridine rings is 3. The third-order valence-electron chi connectivity index (χ3n) is 3.84. The highest BCUT2D eigenvalue weighted by molar-refractivity contribution is 5.18. The zero-order chi connectivity index (χ0) is 16.8. The summed E-state index contributed by atoms with van der Waals surface area (Å²) in [6, 6.07) is 15.2. The third kappa shape index (κ3) is 4.36. The van der Waals surface area contributed by atoms with Crippen LogP contribution in [-0.2, 0) is 19.6 Å². The molecule has 3 rings (SSSR count). The molecule has 24 heavy (non-hydrogen) atoms. The predicted octanol–water partition coefficient (Wildman–Crippen LogP) is 2.68. The molecule has 5 heteroatoms. The maximum Gasteiger partial charge on any atom is 0.248 e. The molecular weight excluding hydrogens is 300 g/mol. The fraction of sp³-hybridized carbons (Fsp3) is 0.211. The van der Waals surface area contributed by atoms with Crippen molar-refractivity contribution < 1.29 is 0 Å². The van der Waals surface area contributed by atoms with E-state index in [0.29, 0.717) is 19.6 Å². The highest BCUT2D eigenvalue weighted by atomic mass is 16.1. The van der Waals surface area contributed by atoms with Crippen molar-refractivity contribution in [3.8, 4) is 0 Å². The van der Waals surface area contributed by atoms with Crippen LogP contribution in [0.1, 0.15) is 22.6 Å². The van der Waals surface area contributed by atoms with Crippen molar-refractivity contribution in [2.45, 2.75) is 26.6 Å². The van der Waals surface area contributed by atoms with Gasteiger partial charge in [0.25, 0.3) is 0 Å². The maximum atomic E-state index is 11.6. The Balaban J connectivity index is 1.83. The number of nitrogens with one attached hydrogen (secondary N) is 1. The maximum absolute atomic E-state index is 11.6. The summed E-state index contributed by atoms with van der Waals surface area (Å²) in [5, 5.41) is 0. The lowest BCUT2D eigenvalue weighted by atomic mass is 10.2. The molecule has 5 nitrogen and oxygen atoms in total. The lowest BCUT2D eigenvalue weighted by Gasteiger charge is -2.22. The van der Waals surface area contributed by atoms with E-state index in [2.05, 4.69) is 19.9 Å². The average molecular weight is 320 g/mol. The molecule has 0 bridgehead atoms. The van der Waals surface area contributed by atoms with E-state index in [1.165, 1.54) is 0 Å². The zero-order valence-corrected chi connectivity index (χ0v) is 13.6. The number of aryl methyl sites for hydroxylation is 1. The third-order valence-corrected chi connectivity index (χ3v) is 3.84. The van der Waals surface area contributed by atoms with Gasteiger partial charge in [-0.2, -0.15) is 0 Å². The van der Waals surface area contributed by atoms with Gasteiger partial charge in [0, 0.05) is 43.8 Å². The van der Waals surface area contributed by atoms with Gasteiger partial charge in [-0.1, -0.05) is 18.2 Å². The number of H-pyrrole nitrogens is 1. The van der Waals surface area contributed by atoms with Gasteiger partial charge in [0.15, 0.2) is 0 Å². The van der Waals surface area contributed by atoms with Crippen molar-refractivity contribution in [2.75, 3.05) is 0 Å². The van der Waals surface area contributed by atoms with Crippen LogP contribution in [0.15, 0.2) is 65.7 Å². The van der Waals surface area contributed by atoms with Crippen molar-refractivity contribution in [3.63, 3.8) is 0 Å². The van der Waals surface area contributed by atoms with E-state index in [4.69, 9.17) is 0 Å². The topological polar surface area (TPSA) is 61.9 Å². The summed E-state index contributed by atoms with van der Waals surface area (Å²) in [4.78, 5) is 25.6. The Labute approximate surface area is 141 Å². The van der Waals surface area contributed by atoms with Gasteiger partial charge in [-0.25, -0.2) is 0 Å². The Morgan fingerprint density at radius 3 is 2.04 bits per heavy atom. The number of aromatic amines is 1. The molecule has 0 atom stereocenters. The number of rotatable bonds is 6. The quantitative estimate of drug-likeness (QED) is 0.758. The minimum Gasteiger partial charge on any atom is -0.325 e. The summed E-state index contributed by atoms with van der Waals surface area (Å²) in [5.41, 5.74) is 3.90. The van der Waals surface area contributed by atoms with Gasteiger partial charge in [0.1, 0.15) is 0 Å². The summed E-state index contributed by atoms with van der Waals surface area (Å²) in [6.07, 6.45) is 3.59. The second-order valence-electron chi connectivity index (χ2n) is 5.77. The van der Waals surface area contributed by atoms with Crippen LogP contribution in [0.3, 0.4) is 0 Å². The number of aromatic nitrogens is 3. The fourth-order valence-corrected chi connectivity index (χ4v) is 2.59. The highest BCUT2D eigenvalue weighted by Gasteiger charge is 2.11. The Hall–Kier alpha value is -2.79. The molecule has 0 radical (unpaired) electrons. The largest absolute Gasteiger partial charge is 0.325 e. The molecule has 122 valence electrons. The fourth-order valence-electron chi connectivity index (χ4n) is 2.59. The molecule has 3 aromatic rings. The van der Waals surface area contributed by atoms with Crippen LogP contribution < -0.4 is 5.56 Å². The minimum atomic E-state index is -0.0776.